The van der Waals surface area contributed by atoms with Crippen molar-refractivity contribution < 1.29 is 4.74 Å². The van der Waals surface area contributed by atoms with Crippen molar-refractivity contribution >= 4 is 50.7 Å². The minimum absolute atomic E-state index is 0.456. The Bertz CT molecular complexity index is 1520. The van der Waals surface area contributed by atoms with Crippen LogP contribution < -0.4 is 10.5 Å². The second-order valence-electron chi connectivity index (χ2n) is 8.04. The van der Waals surface area contributed by atoms with Crippen LogP contribution in [0.3, 0.4) is 0 Å². The van der Waals surface area contributed by atoms with Gasteiger partial charge in [0.25, 0.3) is 0 Å². The van der Waals surface area contributed by atoms with E-state index in [1.165, 1.54) is 29.3 Å². The molecule has 0 radical (unpaired) electrons. The summed E-state index contributed by atoms with van der Waals surface area (Å²) in [6.45, 7) is 8.21. The quantitative estimate of drug-likeness (QED) is 0.208. The van der Waals surface area contributed by atoms with E-state index in [2.05, 4.69) is 40.7 Å². The van der Waals surface area contributed by atoms with Crippen LogP contribution >= 0.6 is 23.2 Å². The Morgan fingerprint density at radius 1 is 0.676 bits per heavy atom. The molecule has 0 saturated heterocycles. The third kappa shape index (κ3) is 5.03. The minimum Gasteiger partial charge on any atom is -0.438 e. The standard InChI is InChI=1S/C16H14ClN3O.C10H9ClN2/c1-9-5-12-15(6-10(9)2)19-8-20-16(12)21-11-3-4-14(18)13(17)7-11;1-6-3-8-9(4-7(6)2)12-5-13-10(8)11/h3-8H,18H2,1-2H3;3-5H,1-2H3. The van der Waals surface area contributed by atoms with Crippen LogP contribution in [0.4, 0.5) is 5.69 Å². The van der Waals surface area contributed by atoms with Gasteiger partial charge in [-0.05, 0) is 86.3 Å². The van der Waals surface area contributed by atoms with Crippen LogP contribution in [0, 0.1) is 27.7 Å². The van der Waals surface area contributed by atoms with E-state index < -0.39 is 0 Å². The molecule has 0 aliphatic rings. The molecule has 2 aromatic heterocycles. The lowest BCUT2D eigenvalue weighted by Crippen LogP contribution is -1.94. The van der Waals surface area contributed by atoms with E-state index in [9.17, 15) is 0 Å². The third-order valence-electron chi connectivity index (χ3n) is 5.60. The summed E-state index contributed by atoms with van der Waals surface area (Å²) in [4.78, 5) is 16.6. The van der Waals surface area contributed by atoms with Crippen molar-refractivity contribution in [1.29, 1.82) is 0 Å². The Morgan fingerprint density at radius 2 is 1.24 bits per heavy atom. The fraction of sp³-hybridized carbons (Fsp3) is 0.154. The number of rotatable bonds is 2. The van der Waals surface area contributed by atoms with Gasteiger partial charge in [-0.3, -0.25) is 0 Å². The molecule has 2 heterocycles. The van der Waals surface area contributed by atoms with Crippen LogP contribution in [-0.2, 0) is 0 Å². The summed E-state index contributed by atoms with van der Waals surface area (Å²) < 4.78 is 5.83. The number of aromatic nitrogens is 4. The molecule has 172 valence electrons. The second kappa shape index (κ2) is 9.79. The van der Waals surface area contributed by atoms with Crippen molar-refractivity contribution in [3.63, 3.8) is 0 Å². The maximum absolute atomic E-state index is 6.01. The normalized spacial score (nSPS) is 10.8. The topological polar surface area (TPSA) is 86.8 Å². The molecular formula is C26H23Cl2N5O. The number of nitrogens with two attached hydrogens (primary N) is 1. The van der Waals surface area contributed by atoms with Crippen molar-refractivity contribution in [2.24, 2.45) is 0 Å². The number of hydrogen-bond donors (Lipinski definition) is 1. The monoisotopic (exact) mass is 491 g/mol. The van der Waals surface area contributed by atoms with Crippen LogP contribution in [0.15, 0.2) is 55.1 Å². The SMILES string of the molecule is Cc1cc2ncnc(Cl)c2cc1C.Cc1cc2ncnc(Oc3ccc(N)c(Cl)c3)c2cc1C. The van der Waals surface area contributed by atoms with Crippen LogP contribution in [0.5, 0.6) is 11.6 Å². The fourth-order valence-corrected chi connectivity index (χ4v) is 3.71. The van der Waals surface area contributed by atoms with E-state index in [1.807, 2.05) is 31.2 Å². The molecule has 0 amide bonds. The summed E-state index contributed by atoms with van der Waals surface area (Å²) >= 11 is 11.9. The molecule has 6 nitrogen and oxygen atoms in total. The van der Waals surface area contributed by atoms with Gasteiger partial charge < -0.3 is 10.5 Å². The number of nitrogens with zero attached hydrogens (tertiary/aromatic N) is 4. The van der Waals surface area contributed by atoms with E-state index >= 15 is 0 Å². The Balaban J connectivity index is 0.000000180. The highest BCUT2D eigenvalue weighted by Gasteiger charge is 2.09. The zero-order chi connectivity index (χ0) is 24.4. The van der Waals surface area contributed by atoms with Gasteiger partial charge in [-0.2, -0.15) is 0 Å². The molecule has 5 aromatic rings. The van der Waals surface area contributed by atoms with Crippen molar-refractivity contribution in [1.82, 2.24) is 19.9 Å². The first kappa shape index (κ1) is 23.7. The first-order valence-corrected chi connectivity index (χ1v) is 11.3. The molecule has 0 fully saturated rings. The summed E-state index contributed by atoms with van der Waals surface area (Å²) in [6.07, 6.45) is 2.98. The van der Waals surface area contributed by atoms with Crippen molar-refractivity contribution in [2.45, 2.75) is 27.7 Å². The Kier molecular flexibility index (Phi) is 6.82. The number of hydrogen-bond acceptors (Lipinski definition) is 6. The van der Waals surface area contributed by atoms with Crippen LogP contribution in [0.25, 0.3) is 21.8 Å². The zero-order valence-corrected chi connectivity index (χ0v) is 20.7. The van der Waals surface area contributed by atoms with E-state index in [0.29, 0.717) is 27.5 Å². The molecule has 0 spiro atoms. The van der Waals surface area contributed by atoms with Gasteiger partial charge in [-0.1, -0.05) is 23.2 Å². The highest BCUT2D eigenvalue weighted by molar-refractivity contribution is 6.34. The van der Waals surface area contributed by atoms with E-state index in [0.717, 1.165) is 27.4 Å². The van der Waals surface area contributed by atoms with Crippen molar-refractivity contribution in [3.05, 3.63) is 87.5 Å². The summed E-state index contributed by atoms with van der Waals surface area (Å²) in [6, 6.07) is 13.2. The van der Waals surface area contributed by atoms with Gasteiger partial charge >= 0.3 is 0 Å². The molecule has 0 bridgehead atoms. The lowest BCUT2D eigenvalue weighted by atomic mass is 10.1. The smallest absolute Gasteiger partial charge is 0.230 e. The minimum atomic E-state index is 0.456. The maximum atomic E-state index is 6.01. The average Bonchev–Trinajstić information content (AvgIpc) is 2.80. The first-order valence-electron chi connectivity index (χ1n) is 10.5. The number of nitrogen functional groups attached to an aromatic ring is 1. The average molecular weight is 492 g/mol. The zero-order valence-electron chi connectivity index (χ0n) is 19.2. The molecule has 3 aromatic carbocycles. The van der Waals surface area contributed by atoms with Gasteiger partial charge in [-0.25, -0.2) is 19.9 Å². The van der Waals surface area contributed by atoms with Gasteiger partial charge in [0.05, 0.1) is 27.1 Å². The van der Waals surface area contributed by atoms with Gasteiger partial charge in [0, 0.05) is 11.5 Å². The summed E-state index contributed by atoms with van der Waals surface area (Å²) in [5, 5.41) is 2.77. The summed E-state index contributed by atoms with van der Waals surface area (Å²) in [5.41, 5.74) is 12.8. The van der Waals surface area contributed by atoms with E-state index in [1.54, 1.807) is 18.2 Å². The highest BCUT2D eigenvalue weighted by Crippen LogP contribution is 2.31. The first-order chi connectivity index (χ1) is 16.2. The molecule has 0 saturated carbocycles. The molecule has 8 heteroatoms. The lowest BCUT2D eigenvalue weighted by Gasteiger charge is -2.10. The van der Waals surface area contributed by atoms with Gasteiger partial charge in [0.2, 0.25) is 5.88 Å². The largest absolute Gasteiger partial charge is 0.438 e. The van der Waals surface area contributed by atoms with Crippen molar-refractivity contribution in [2.75, 3.05) is 5.73 Å². The second-order valence-corrected chi connectivity index (χ2v) is 8.80. The molecule has 0 atom stereocenters. The van der Waals surface area contributed by atoms with Crippen LogP contribution in [-0.4, -0.2) is 19.9 Å². The maximum Gasteiger partial charge on any atom is 0.230 e. The predicted molar refractivity (Wildman–Crippen MR) is 139 cm³/mol. The number of benzene rings is 3. The van der Waals surface area contributed by atoms with Crippen LogP contribution in [0.2, 0.25) is 10.2 Å². The predicted octanol–water partition coefficient (Wildman–Crippen LogP) is 7.17. The molecule has 34 heavy (non-hydrogen) atoms. The third-order valence-corrected chi connectivity index (χ3v) is 6.23. The number of halogens is 2. The molecule has 0 unspecified atom stereocenters. The van der Waals surface area contributed by atoms with Gasteiger partial charge in [0.1, 0.15) is 23.6 Å². The lowest BCUT2D eigenvalue weighted by molar-refractivity contribution is 0.468. The summed E-state index contributed by atoms with van der Waals surface area (Å²) in [7, 11) is 0. The molecule has 5 rings (SSSR count). The van der Waals surface area contributed by atoms with Crippen molar-refractivity contribution in [3.8, 4) is 11.6 Å². The van der Waals surface area contributed by atoms with Gasteiger partial charge in [-0.15, -0.1) is 0 Å². The molecule has 2 N–H and O–H groups in total. The Morgan fingerprint density at radius 3 is 1.88 bits per heavy atom. The number of ether oxygens (including phenoxy) is 1. The number of fused-ring (bicyclic) bond motifs is 2. The number of anilines is 1. The van der Waals surface area contributed by atoms with Crippen LogP contribution in [0.1, 0.15) is 22.3 Å². The highest BCUT2D eigenvalue weighted by atomic mass is 35.5. The molecule has 0 aliphatic carbocycles. The number of aryl methyl sites for hydroxylation is 4. The Hall–Kier alpha value is -3.48. The van der Waals surface area contributed by atoms with Gasteiger partial charge in [0.15, 0.2) is 0 Å². The Labute approximate surface area is 207 Å². The van der Waals surface area contributed by atoms with E-state index in [4.69, 9.17) is 33.7 Å². The van der Waals surface area contributed by atoms with E-state index in [-0.39, 0.29) is 0 Å². The molecule has 0 aliphatic heterocycles. The summed E-state index contributed by atoms with van der Waals surface area (Å²) in [5.74, 6) is 1.09. The fourth-order valence-electron chi connectivity index (χ4n) is 3.34. The molecular weight excluding hydrogens is 469 g/mol.